The van der Waals surface area contributed by atoms with Gasteiger partial charge in [-0.2, -0.15) is 0 Å². The van der Waals surface area contributed by atoms with Crippen LogP contribution in [0.4, 0.5) is 0 Å². The van der Waals surface area contributed by atoms with Gasteiger partial charge in [-0.3, -0.25) is 4.79 Å². The van der Waals surface area contributed by atoms with E-state index in [1.807, 2.05) is 0 Å². The molecule has 0 saturated carbocycles. The highest BCUT2D eigenvalue weighted by Crippen LogP contribution is 2.16. The number of hydrogen-bond acceptors (Lipinski definition) is 3. The molecule has 0 aliphatic carbocycles. The molecule has 0 spiro atoms. The summed E-state index contributed by atoms with van der Waals surface area (Å²) in [6.07, 6.45) is 1.89. The summed E-state index contributed by atoms with van der Waals surface area (Å²) in [5.41, 5.74) is 0.348. The quantitative estimate of drug-likeness (QED) is 0.747. The molecule has 1 aliphatic heterocycles. The number of aromatic hydroxyl groups is 1. The van der Waals surface area contributed by atoms with E-state index in [0.717, 1.165) is 25.9 Å². The van der Waals surface area contributed by atoms with Crippen LogP contribution in [0.15, 0.2) is 24.3 Å². The Bertz CT molecular complexity index is 379. The van der Waals surface area contributed by atoms with Gasteiger partial charge in [0.05, 0.1) is 5.56 Å². The monoisotopic (exact) mass is 256 g/mol. The zero-order valence-electron chi connectivity index (χ0n) is 9.48. The lowest BCUT2D eigenvalue weighted by atomic mass is 10.1. The molecule has 3 N–H and O–H groups in total. The third-order valence-electron chi connectivity index (χ3n) is 2.82. The first kappa shape index (κ1) is 13.8. The molecule has 0 bridgehead atoms. The molecule has 1 heterocycles. The summed E-state index contributed by atoms with van der Waals surface area (Å²) in [6, 6.07) is 6.82. The van der Waals surface area contributed by atoms with Crippen molar-refractivity contribution in [2.45, 2.75) is 18.9 Å². The van der Waals surface area contributed by atoms with E-state index in [-0.39, 0.29) is 30.1 Å². The largest absolute Gasteiger partial charge is 0.507 e. The van der Waals surface area contributed by atoms with E-state index in [1.54, 1.807) is 18.2 Å². The van der Waals surface area contributed by atoms with Crippen LogP contribution in [0.25, 0.3) is 0 Å². The van der Waals surface area contributed by atoms with E-state index in [0.29, 0.717) is 5.56 Å². The molecule has 0 atom stereocenters. The molecule has 4 nitrogen and oxygen atoms in total. The number of piperidine rings is 1. The zero-order chi connectivity index (χ0) is 11.4. The highest BCUT2D eigenvalue weighted by atomic mass is 35.5. The van der Waals surface area contributed by atoms with Gasteiger partial charge in [0.1, 0.15) is 5.75 Å². The van der Waals surface area contributed by atoms with Crippen molar-refractivity contribution in [1.82, 2.24) is 10.6 Å². The second-order valence-electron chi connectivity index (χ2n) is 4.01. The Hall–Kier alpha value is -1.26. The van der Waals surface area contributed by atoms with Crippen molar-refractivity contribution >= 4 is 18.3 Å². The Morgan fingerprint density at radius 2 is 1.94 bits per heavy atom. The van der Waals surface area contributed by atoms with E-state index in [4.69, 9.17) is 0 Å². The number of amides is 1. The van der Waals surface area contributed by atoms with Gasteiger partial charge in [-0.05, 0) is 38.1 Å². The molecule has 1 aromatic carbocycles. The molecule has 1 aromatic rings. The van der Waals surface area contributed by atoms with Crippen LogP contribution >= 0.6 is 12.4 Å². The molecule has 2 rings (SSSR count). The maximum Gasteiger partial charge on any atom is 0.255 e. The molecular weight excluding hydrogens is 240 g/mol. The van der Waals surface area contributed by atoms with Crippen molar-refractivity contribution in [3.8, 4) is 5.75 Å². The molecule has 94 valence electrons. The third kappa shape index (κ3) is 3.61. The molecule has 1 saturated heterocycles. The van der Waals surface area contributed by atoms with Gasteiger partial charge in [-0.1, -0.05) is 12.1 Å². The summed E-state index contributed by atoms with van der Waals surface area (Å²) in [7, 11) is 0. The second kappa shape index (κ2) is 6.47. The van der Waals surface area contributed by atoms with E-state index in [9.17, 15) is 9.90 Å². The minimum atomic E-state index is -0.190. The number of nitrogens with one attached hydrogen (secondary N) is 2. The molecule has 0 aromatic heterocycles. The Kier molecular flexibility index (Phi) is 5.25. The minimum absolute atomic E-state index is 0. The highest BCUT2D eigenvalue weighted by Gasteiger charge is 2.17. The first-order valence-corrected chi connectivity index (χ1v) is 5.57. The minimum Gasteiger partial charge on any atom is -0.507 e. The fourth-order valence-electron chi connectivity index (χ4n) is 1.90. The Morgan fingerprint density at radius 1 is 1.29 bits per heavy atom. The van der Waals surface area contributed by atoms with Gasteiger partial charge in [0.2, 0.25) is 0 Å². The van der Waals surface area contributed by atoms with Crippen LogP contribution < -0.4 is 10.6 Å². The summed E-state index contributed by atoms with van der Waals surface area (Å²) in [5, 5.41) is 15.7. The first-order valence-electron chi connectivity index (χ1n) is 5.57. The van der Waals surface area contributed by atoms with Gasteiger partial charge in [-0.15, -0.1) is 12.4 Å². The predicted octanol–water partition coefficient (Wildman–Crippen LogP) is 1.30. The van der Waals surface area contributed by atoms with Crippen molar-refractivity contribution < 1.29 is 9.90 Å². The average Bonchev–Trinajstić information content (AvgIpc) is 2.31. The lowest BCUT2D eigenvalue weighted by Gasteiger charge is -2.23. The average molecular weight is 257 g/mol. The summed E-state index contributed by atoms with van der Waals surface area (Å²) in [5.74, 6) is -0.154. The van der Waals surface area contributed by atoms with Gasteiger partial charge in [0, 0.05) is 6.04 Å². The van der Waals surface area contributed by atoms with Crippen molar-refractivity contribution in [2.24, 2.45) is 0 Å². The first-order chi connectivity index (χ1) is 7.77. The fourth-order valence-corrected chi connectivity index (χ4v) is 1.90. The molecule has 0 radical (unpaired) electrons. The highest BCUT2D eigenvalue weighted by molar-refractivity contribution is 5.96. The van der Waals surface area contributed by atoms with Crippen LogP contribution in [0, 0.1) is 0 Å². The molecule has 1 aliphatic rings. The number of benzene rings is 1. The van der Waals surface area contributed by atoms with Crippen LogP contribution in [0.2, 0.25) is 0 Å². The third-order valence-corrected chi connectivity index (χ3v) is 2.82. The van der Waals surface area contributed by atoms with Crippen LogP contribution in [0.1, 0.15) is 23.2 Å². The molecule has 17 heavy (non-hydrogen) atoms. The molecule has 5 heteroatoms. The Labute approximate surface area is 107 Å². The fraction of sp³-hybridized carbons (Fsp3) is 0.417. The van der Waals surface area contributed by atoms with E-state index >= 15 is 0 Å². The topological polar surface area (TPSA) is 61.4 Å². The van der Waals surface area contributed by atoms with Crippen molar-refractivity contribution in [3.63, 3.8) is 0 Å². The number of halogens is 1. The number of rotatable bonds is 2. The smallest absolute Gasteiger partial charge is 0.255 e. The summed E-state index contributed by atoms with van der Waals surface area (Å²) >= 11 is 0. The van der Waals surface area contributed by atoms with E-state index in [2.05, 4.69) is 10.6 Å². The van der Waals surface area contributed by atoms with Crippen molar-refractivity contribution in [1.29, 1.82) is 0 Å². The van der Waals surface area contributed by atoms with Crippen LogP contribution in [0.3, 0.4) is 0 Å². The summed E-state index contributed by atoms with van der Waals surface area (Å²) < 4.78 is 0. The lowest BCUT2D eigenvalue weighted by Crippen LogP contribution is -2.42. The molecule has 0 unspecified atom stereocenters. The number of phenols is 1. The standard InChI is InChI=1S/C12H16N2O2.ClH/c15-11-4-2-1-3-10(11)12(16)14-9-5-7-13-8-6-9;/h1-4,9,13,15H,5-8H2,(H,14,16);1H. The zero-order valence-corrected chi connectivity index (χ0v) is 10.3. The number of phenolic OH excluding ortho intramolecular Hbond substituents is 1. The van der Waals surface area contributed by atoms with Crippen LogP contribution in [-0.2, 0) is 0 Å². The number of carbonyl (C=O) groups excluding carboxylic acids is 1. The maximum absolute atomic E-state index is 11.8. The lowest BCUT2D eigenvalue weighted by molar-refractivity contribution is 0.0927. The van der Waals surface area contributed by atoms with Gasteiger partial charge < -0.3 is 15.7 Å². The predicted molar refractivity (Wildman–Crippen MR) is 68.7 cm³/mol. The van der Waals surface area contributed by atoms with E-state index in [1.165, 1.54) is 6.07 Å². The van der Waals surface area contributed by atoms with Crippen molar-refractivity contribution in [3.05, 3.63) is 29.8 Å². The SMILES string of the molecule is Cl.O=C(NC1CCNCC1)c1ccccc1O. The van der Waals surface area contributed by atoms with Gasteiger partial charge >= 0.3 is 0 Å². The Morgan fingerprint density at radius 3 is 2.59 bits per heavy atom. The van der Waals surface area contributed by atoms with Crippen molar-refractivity contribution in [2.75, 3.05) is 13.1 Å². The molecule has 1 fully saturated rings. The van der Waals surface area contributed by atoms with Crippen LogP contribution in [-0.4, -0.2) is 30.1 Å². The number of carbonyl (C=O) groups is 1. The number of hydrogen-bond donors (Lipinski definition) is 3. The second-order valence-corrected chi connectivity index (χ2v) is 4.01. The summed E-state index contributed by atoms with van der Waals surface area (Å²) in [6.45, 7) is 1.87. The van der Waals surface area contributed by atoms with Gasteiger partial charge in [-0.25, -0.2) is 0 Å². The molecular formula is C12H17ClN2O2. The number of para-hydroxylation sites is 1. The Balaban J connectivity index is 0.00000144. The van der Waals surface area contributed by atoms with Crippen LogP contribution in [0.5, 0.6) is 5.75 Å². The maximum atomic E-state index is 11.8. The van der Waals surface area contributed by atoms with E-state index < -0.39 is 0 Å². The van der Waals surface area contributed by atoms with Gasteiger partial charge in [0.15, 0.2) is 0 Å². The normalized spacial score (nSPS) is 16.0. The molecule has 1 amide bonds. The van der Waals surface area contributed by atoms with Gasteiger partial charge in [0.25, 0.3) is 5.91 Å². The summed E-state index contributed by atoms with van der Waals surface area (Å²) in [4.78, 5) is 11.8.